The molecule has 0 radical (unpaired) electrons. The molecule has 96 valence electrons. The van der Waals surface area contributed by atoms with E-state index in [0.717, 1.165) is 39.3 Å². The van der Waals surface area contributed by atoms with E-state index in [-0.39, 0.29) is 0 Å². The molecule has 1 aliphatic rings. The highest BCUT2D eigenvalue weighted by atomic mass is 16.5. The topological polar surface area (TPSA) is 30.5 Å². The van der Waals surface area contributed by atoms with Crippen LogP contribution in [-0.4, -0.2) is 39.0 Å². The van der Waals surface area contributed by atoms with E-state index in [2.05, 4.69) is 19.2 Å². The lowest BCUT2D eigenvalue weighted by Gasteiger charge is -2.24. The second kappa shape index (κ2) is 8.97. The van der Waals surface area contributed by atoms with Crippen LogP contribution < -0.4 is 5.32 Å². The zero-order valence-electron chi connectivity index (χ0n) is 10.8. The molecule has 1 heterocycles. The lowest BCUT2D eigenvalue weighted by atomic mass is 10.0. The molecule has 3 heteroatoms. The molecule has 0 aromatic rings. The number of rotatable bonds is 8. The summed E-state index contributed by atoms with van der Waals surface area (Å²) in [6, 6.07) is 0. The molecule has 0 aliphatic carbocycles. The molecule has 1 saturated heterocycles. The Balaban J connectivity index is 2.07. The first-order valence-electron chi connectivity index (χ1n) is 6.76. The van der Waals surface area contributed by atoms with Crippen LogP contribution in [0.3, 0.4) is 0 Å². The Bertz CT molecular complexity index is 158. The first-order valence-corrected chi connectivity index (χ1v) is 6.76. The number of hydrogen-bond acceptors (Lipinski definition) is 3. The SMILES string of the molecule is CCCNCC(CC)OCC1CCOCC1. The number of nitrogens with one attached hydrogen (secondary N) is 1. The van der Waals surface area contributed by atoms with Crippen molar-refractivity contribution in [3.8, 4) is 0 Å². The Morgan fingerprint density at radius 1 is 1.31 bits per heavy atom. The summed E-state index contributed by atoms with van der Waals surface area (Å²) in [5.74, 6) is 0.717. The number of ether oxygens (including phenoxy) is 2. The zero-order valence-corrected chi connectivity index (χ0v) is 10.8. The van der Waals surface area contributed by atoms with Gasteiger partial charge in [-0.05, 0) is 38.1 Å². The van der Waals surface area contributed by atoms with E-state index in [0.29, 0.717) is 12.0 Å². The monoisotopic (exact) mass is 229 g/mol. The van der Waals surface area contributed by atoms with Gasteiger partial charge in [-0.15, -0.1) is 0 Å². The molecule has 0 aromatic heterocycles. The first-order chi connectivity index (χ1) is 7.86. The van der Waals surface area contributed by atoms with Gasteiger partial charge in [0.05, 0.1) is 6.10 Å². The van der Waals surface area contributed by atoms with Gasteiger partial charge in [-0.25, -0.2) is 0 Å². The molecule has 3 nitrogen and oxygen atoms in total. The first kappa shape index (κ1) is 13.9. The van der Waals surface area contributed by atoms with Crippen LogP contribution >= 0.6 is 0 Å². The fourth-order valence-corrected chi connectivity index (χ4v) is 1.95. The summed E-state index contributed by atoms with van der Waals surface area (Å²) in [4.78, 5) is 0. The summed E-state index contributed by atoms with van der Waals surface area (Å²) < 4.78 is 11.3. The maximum absolute atomic E-state index is 5.96. The Morgan fingerprint density at radius 3 is 2.69 bits per heavy atom. The molecule has 1 aliphatic heterocycles. The molecule has 0 bridgehead atoms. The highest BCUT2D eigenvalue weighted by molar-refractivity contribution is 4.65. The average Bonchev–Trinajstić information content (AvgIpc) is 2.35. The zero-order chi connectivity index (χ0) is 11.6. The third-order valence-electron chi connectivity index (χ3n) is 3.16. The van der Waals surface area contributed by atoms with E-state index in [9.17, 15) is 0 Å². The summed E-state index contributed by atoms with van der Waals surface area (Å²) in [5, 5.41) is 3.42. The van der Waals surface area contributed by atoms with Crippen molar-refractivity contribution in [3.63, 3.8) is 0 Å². The predicted molar refractivity (Wildman–Crippen MR) is 66.7 cm³/mol. The van der Waals surface area contributed by atoms with Crippen molar-refractivity contribution >= 4 is 0 Å². The van der Waals surface area contributed by atoms with Crippen molar-refractivity contribution in [2.45, 2.75) is 45.6 Å². The van der Waals surface area contributed by atoms with E-state index < -0.39 is 0 Å². The standard InChI is InChI=1S/C13H27NO2/c1-3-7-14-10-13(4-2)16-11-12-5-8-15-9-6-12/h12-14H,3-11H2,1-2H3. The van der Waals surface area contributed by atoms with Gasteiger partial charge >= 0.3 is 0 Å². The fraction of sp³-hybridized carbons (Fsp3) is 1.00. The molecule has 1 N–H and O–H groups in total. The molecule has 1 unspecified atom stereocenters. The Kier molecular flexibility index (Phi) is 7.81. The molecule has 0 saturated carbocycles. The van der Waals surface area contributed by atoms with E-state index in [4.69, 9.17) is 9.47 Å². The second-order valence-electron chi connectivity index (χ2n) is 4.62. The average molecular weight is 229 g/mol. The summed E-state index contributed by atoms with van der Waals surface area (Å²) >= 11 is 0. The van der Waals surface area contributed by atoms with Crippen LogP contribution in [0.4, 0.5) is 0 Å². The predicted octanol–water partition coefficient (Wildman–Crippen LogP) is 2.21. The third-order valence-corrected chi connectivity index (χ3v) is 3.16. The Hall–Kier alpha value is -0.120. The van der Waals surface area contributed by atoms with Gasteiger partial charge in [0.2, 0.25) is 0 Å². The normalized spacial score (nSPS) is 19.9. The van der Waals surface area contributed by atoms with Gasteiger partial charge < -0.3 is 14.8 Å². The molecular formula is C13H27NO2. The van der Waals surface area contributed by atoms with Crippen molar-refractivity contribution in [2.24, 2.45) is 5.92 Å². The molecular weight excluding hydrogens is 202 g/mol. The van der Waals surface area contributed by atoms with Crippen LogP contribution in [0, 0.1) is 5.92 Å². The summed E-state index contributed by atoms with van der Waals surface area (Å²) in [6.07, 6.45) is 5.00. The van der Waals surface area contributed by atoms with Gasteiger partial charge in [0.15, 0.2) is 0 Å². The van der Waals surface area contributed by atoms with Crippen molar-refractivity contribution in [1.82, 2.24) is 5.32 Å². The van der Waals surface area contributed by atoms with Crippen molar-refractivity contribution in [2.75, 3.05) is 32.9 Å². The van der Waals surface area contributed by atoms with Crippen LogP contribution in [0.1, 0.15) is 39.5 Å². The van der Waals surface area contributed by atoms with Crippen LogP contribution in [0.15, 0.2) is 0 Å². The minimum atomic E-state index is 0.384. The van der Waals surface area contributed by atoms with Crippen molar-refractivity contribution in [3.05, 3.63) is 0 Å². The minimum Gasteiger partial charge on any atom is -0.381 e. The maximum Gasteiger partial charge on any atom is 0.0696 e. The van der Waals surface area contributed by atoms with Gasteiger partial charge in [-0.1, -0.05) is 13.8 Å². The van der Waals surface area contributed by atoms with Crippen molar-refractivity contribution < 1.29 is 9.47 Å². The summed E-state index contributed by atoms with van der Waals surface area (Å²) in [5.41, 5.74) is 0. The van der Waals surface area contributed by atoms with Crippen LogP contribution in [-0.2, 0) is 9.47 Å². The largest absolute Gasteiger partial charge is 0.381 e. The van der Waals surface area contributed by atoms with Crippen LogP contribution in [0.5, 0.6) is 0 Å². The highest BCUT2D eigenvalue weighted by Crippen LogP contribution is 2.15. The lowest BCUT2D eigenvalue weighted by molar-refractivity contribution is -0.0113. The maximum atomic E-state index is 5.96. The molecule has 0 spiro atoms. The molecule has 1 rings (SSSR count). The molecule has 1 atom stereocenters. The van der Waals surface area contributed by atoms with E-state index in [1.54, 1.807) is 0 Å². The van der Waals surface area contributed by atoms with Gasteiger partial charge in [0, 0.05) is 26.4 Å². The lowest BCUT2D eigenvalue weighted by Crippen LogP contribution is -2.31. The van der Waals surface area contributed by atoms with E-state index in [1.807, 2.05) is 0 Å². The van der Waals surface area contributed by atoms with Crippen LogP contribution in [0.25, 0.3) is 0 Å². The Labute approximate surface area is 99.9 Å². The summed E-state index contributed by atoms with van der Waals surface area (Å²) in [7, 11) is 0. The summed E-state index contributed by atoms with van der Waals surface area (Å²) in [6.45, 7) is 9.22. The number of hydrogen-bond donors (Lipinski definition) is 1. The highest BCUT2D eigenvalue weighted by Gasteiger charge is 2.15. The van der Waals surface area contributed by atoms with Crippen LogP contribution in [0.2, 0.25) is 0 Å². The molecule has 0 aromatic carbocycles. The quantitative estimate of drug-likeness (QED) is 0.647. The van der Waals surface area contributed by atoms with Crippen molar-refractivity contribution in [1.29, 1.82) is 0 Å². The molecule has 16 heavy (non-hydrogen) atoms. The minimum absolute atomic E-state index is 0.384. The van der Waals surface area contributed by atoms with Gasteiger partial charge in [-0.3, -0.25) is 0 Å². The second-order valence-corrected chi connectivity index (χ2v) is 4.62. The third kappa shape index (κ3) is 5.83. The van der Waals surface area contributed by atoms with Gasteiger partial charge in [0.1, 0.15) is 0 Å². The van der Waals surface area contributed by atoms with Gasteiger partial charge in [0.25, 0.3) is 0 Å². The smallest absolute Gasteiger partial charge is 0.0696 e. The van der Waals surface area contributed by atoms with E-state index >= 15 is 0 Å². The fourth-order valence-electron chi connectivity index (χ4n) is 1.95. The molecule has 1 fully saturated rings. The Morgan fingerprint density at radius 2 is 2.06 bits per heavy atom. The van der Waals surface area contributed by atoms with Gasteiger partial charge in [-0.2, -0.15) is 0 Å². The van der Waals surface area contributed by atoms with E-state index in [1.165, 1.54) is 19.3 Å². The molecule has 0 amide bonds.